The van der Waals surface area contributed by atoms with Crippen LogP contribution in [0.5, 0.6) is 5.75 Å². The highest BCUT2D eigenvalue weighted by Gasteiger charge is 2.34. The lowest BCUT2D eigenvalue weighted by Gasteiger charge is -2.36. The van der Waals surface area contributed by atoms with Crippen LogP contribution < -0.4 is 10.1 Å². The maximum absolute atomic E-state index is 5.31. The SMILES string of the molecule is COc1ccc2c(c1)Nc1cccc(Br)c1C2(C)C. The van der Waals surface area contributed by atoms with Gasteiger partial charge in [-0.1, -0.05) is 41.9 Å². The maximum Gasteiger partial charge on any atom is 0.120 e. The van der Waals surface area contributed by atoms with E-state index < -0.39 is 0 Å². The lowest BCUT2D eigenvalue weighted by atomic mass is 9.74. The summed E-state index contributed by atoms with van der Waals surface area (Å²) in [6.07, 6.45) is 0. The highest BCUT2D eigenvalue weighted by molar-refractivity contribution is 9.10. The molecule has 1 aliphatic rings. The van der Waals surface area contributed by atoms with E-state index in [-0.39, 0.29) is 5.41 Å². The lowest BCUT2D eigenvalue weighted by molar-refractivity contribution is 0.414. The van der Waals surface area contributed by atoms with E-state index in [1.165, 1.54) is 11.1 Å². The summed E-state index contributed by atoms with van der Waals surface area (Å²) in [6.45, 7) is 4.51. The van der Waals surface area contributed by atoms with E-state index in [0.717, 1.165) is 21.6 Å². The molecule has 0 fully saturated rings. The monoisotopic (exact) mass is 317 g/mol. The predicted molar refractivity (Wildman–Crippen MR) is 82.5 cm³/mol. The third kappa shape index (κ3) is 1.84. The van der Waals surface area contributed by atoms with Crippen molar-refractivity contribution in [1.29, 1.82) is 0 Å². The van der Waals surface area contributed by atoms with E-state index in [4.69, 9.17) is 4.74 Å². The zero-order valence-corrected chi connectivity index (χ0v) is 12.8. The number of ether oxygens (including phenoxy) is 1. The number of benzene rings is 2. The normalized spacial score (nSPS) is 15.2. The van der Waals surface area contributed by atoms with Crippen LogP contribution in [-0.2, 0) is 5.41 Å². The zero-order chi connectivity index (χ0) is 13.6. The first-order valence-corrected chi connectivity index (χ1v) is 7.08. The van der Waals surface area contributed by atoms with Crippen LogP contribution in [0.25, 0.3) is 0 Å². The number of anilines is 2. The van der Waals surface area contributed by atoms with Gasteiger partial charge in [0.15, 0.2) is 0 Å². The van der Waals surface area contributed by atoms with Crippen LogP contribution in [0.4, 0.5) is 11.4 Å². The van der Waals surface area contributed by atoms with Crippen molar-refractivity contribution in [3.8, 4) is 5.75 Å². The Morgan fingerprint density at radius 2 is 1.89 bits per heavy atom. The third-order valence-corrected chi connectivity index (χ3v) is 4.47. The van der Waals surface area contributed by atoms with Crippen LogP contribution >= 0.6 is 15.9 Å². The summed E-state index contributed by atoms with van der Waals surface area (Å²) in [5.74, 6) is 0.875. The molecule has 3 heteroatoms. The fourth-order valence-corrected chi connectivity index (χ4v) is 3.70. The van der Waals surface area contributed by atoms with Crippen molar-refractivity contribution >= 4 is 27.3 Å². The second kappa shape index (κ2) is 4.27. The molecule has 19 heavy (non-hydrogen) atoms. The van der Waals surface area contributed by atoms with Gasteiger partial charge < -0.3 is 10.1 Å². The number of fused-ring (bicyclic) bond motifs is 2. The number of hydrogen-bond acceptors (Lipinski definition) is 2. The highest BCUT2D eigenvalue weighted by Crippen LogP contribution is 2.48. The van der Waals surface area contributed by atoms with E-state index in [1.54, 1.807) is 7.11 Å². The minimum atomic E-state index is -0.0394. The van der Waals surface area contributed by atoms with Crippen LogP contribution in [0.15, 0.2) is 40.9 Å². The number of rotatable bonds is 1. The summed E-state index contributed by atoms with van der Waals surface area (Å²) in [7, 11) is 1.69. The Hall–Kier alpha value is -1.48. The molecule has 2 nitrogen and oxygen atoms in total. The smallest absolute Gasteiger partial charge is 0.120 e. The minimum Gasteiger partial charge on any atom is -0.497 e. The molecular formula is C16H16BrNO. The Morgan fingerprint density at radius 1 is 1.11 bits per heavy atom. The van der Waals surface area contributed by atoms with E-state index in [0.29, 0.717) is 0 Å². The van der Waals surface area contributed by atoms with E-state index in [9.17, 15) is 0 Å². The fourth-order valence-electron chi connectivity index (χ4n) is 2.84. The van der Waals surface area contributed by atoms with Crippen molar-refractivity contribution in [2.24, 2.45) is 0 Å². The second-order valence-electron chi connectivity index (χ2n) is 5.32. The van der Waals surface area contributed by atoms with Gasteiger partial charge in [0.2, 0.25) is 0 Å². The number of hydrogen-bond donors (Lipinski definition) is 1. The molecule has 1 N–H and O–H groups in total. The van der Waals surface area contributed by atoms with E-state index in [2.05, 4.69) is 65.4 Å². The molecule has 0 radical (unpaired) electrons. The molecule has 0 aliphatic carbocycles. The number of nitrogens with one attached hydrogen (secondary N) is 1. The predicted octanol–water partition coefficient (Wildman–Crippen LogP) is 4.84. The van der Waals surface area contributed by atoms with Gasteiger partial charge in [-0.25, -0.2) is 0 Å². The summed E-state index contributed by atoms with van der Waals surface area (Å²) in [5, 5.41) is 3.50. The zero-order valence-electron chi connectivity index (χ0n) is 11.3. The summed E-state index contributed by atoms with van der Waals surface area (Å²) < 4.78 is 6.45. The van der Waals surface area contributed by atoms with Gasteiger partial charge in [0, 0.05) is 27.3 Å². The third-order valence-electron chi connectivity index (χ3n) is 3.81. The van der Waals surface area contributed by atoms with Crippen LogP contribution in [0, 0.1) is 0 Å². The molecule has 0 aromatic heterocycles. The van der Waals surface area contributed by atoms with Gasteiger partial charge in [0.25, 0.3) is 0 Å². The summed E-state index contributed by atoms with van der Waals surface area (Å²) in [5.41, 5.74) is 4.82. The largest absolute Gasteiger partial charge is 0.497 e. The molecule has 0 bridgehead atoms. The standard InChI is InChI=1S/C16H16BrNO/c1-16(2)11-8-7-10(19-3)9-14(11)18-13-6-4-5-12(17)15(13)16/h4-9,18H,1-3H3. The maximum atomic E-state index is 5.31. The first-order valence-electron chi connectivity index (χ1n) is 6.28. The highest BCUT2D eigenvalue weighted by atomic mass is 79.9. The van der Waals surface area contributed by atoms with Crippen molar-refractivity contribution in [3.05, 3.63) is 52.0 Å². The van der Waals surface area contributed by atoms with Crippen LogP contribution in [0.2, 0.25) is 0 Å². The minimum absolute atomic E-state index is 0.0394. The Kier molecular flexibility index (Phi) is 2.82. The van der Waals surface area contributed by atoms with Crippen LogP contribution in [0.1, 0.15) is 25.0 Å². The van der Waals surface area contributed by atoms with Crippen molar-refractivity contribution in [3.63, 3.8) is 0 Å². The van der Waals surface area contributed by atoms with Gasteiger partial charge in [0.1, 0.15) is 5.75 Å². The van der Waals surface area contributed by atoms with E-state index in [1.807, 2.05) is 6.07 Å². The Balaban J connectivity index is 2.24. The summed E-state index contributed by atoms with van der Waals surface area (Å²) >= 11 is 3.67. The first-order chi connectivity index (χ1) is 9.04. The molecule has 0 saturated heterocycles. The van der Waals surface area contributed by atoms with Crippen molar-refractivity contribution in [2.45, 2.75) is 19.3 Å². The Labute approximate surface area is 121 Å². The molecule has 2 aromatic rings. The number of halogens is 1. The molecule has 0 saturated carbocycles. The molecule has 0 amide bonds. The topological polar surface area (TPSA) is 21.3 Å². The Bertz CT molecular complexity index is 649. The molecule has 0 atom stereocenters. The van der Waals surface area contributed by atoms with Gasteiger partial charge in [0.05, 0.1) is 7.11 Å². The molecule has 1 heterocycles. The number of methoxy groups -OCH3 is 1. The van der Waals surface area contributed by atoms with E-state index >= 15 is 0 Å². The van der Waals surface area contributed by atoms with Gasteiger partial charge in [-0.3, -0.25) is 0 Å². The summed E-state index contributed by atoms with van der Waals surface area (Å²) in [4.78, 5) is 0. The molecule has 0 unspecified atom stereocenters. The Morgan fingerprint density at radius 3 is 2.63 bits per heavy atom. The average Bonchev–Trinajstić information content (AvgIpc) is 2.37. The molecular weight excluding hydrogens is 302 g/mol. The summed E-state index contributed by atoms with van der Waals surface area (Å²) in [6, 6.07) is 12.5. The molecule has 0 spiro atoms. The van der Waals surface area contributed by atoms with Crippen LogP contribution in [-0.4, -0.2) is 7.11 Å². The van der Waals surface area contributed by atoms with Crippen molar-refractivity contribution in [2.75, 3.05) is 12.4 Å². The quantitative estimate of drug-likeness (QED) is 0.812. The lowest BCUT2D eigenvalue weighted by Crippen LogP contribution is -2.26. The molecule has 2 aromatic carbocycles. The van der Waals surface area contributed by atoms with Crippen LogP contribution in [0.3, 0.4) is 0 Å². The van der Waals surface area contributed by atoms with Gasteiger partial charge >= 0.3 is 0 Å². The second-order valence-corrected chi connectivity index (χ2v) is 6.18. The first kappa shape index (κ1) is 12.5. The van der Waals surface area contributed by atoms with Gasteiger partial charge in [-0.15, -0.1) is 0 Å². The van der Waals surface area contributed by atoms with Gasteiger partial charge in [-0.2, -0.15) is 0 Å². The van der Waals surface area contributed by atoms with Gasteiger partial charge in [-0.05, 0) is 29.3 Å². The van der Waals surface area contributed by atoms with Crippen molar-refractivity contribution < 1.29 is 4.74 Å². The molecule has 98 valence electrons. The molecule has 1 aliphatic heterocycles. The van der Waals surface area contributed by atoms with Crippen molar-refractivity contribution in [1.82, 2.24) is 0 Å². The molecule has 3 rings (SSSR count). The fraction of sp³-hybridized carbons (Fsp3) is 0.250. The average molecular weight is 318 g/mol.